The molecule has 0 aliphatic heterocycles. The van der Waals surface area contributed by atoms with Gasteiger partial charge in [-0.2, -0.15) is 0 Å². The van der Waals surface area contributed by atoms with E-state index in [9.17, 15) is 14.9 Å². The van der Waals surface area contributed by atoms with Gasteiger partial charge in [0, 0.05) is 12.2 Å². The molecule has 1 aromatic heterocycles. The summed E-state index contributed by atoms with van der Waals surface area (Å²) in [6.45, 7) is 1.30. The molecule has 0 aliphatic rings. The van der Waals surface area contributed by atoms with Crippen LogP contribution in [0.15, 0.2) is 12.3 Å². The first kappa shape index (κ1) is 13.3. The van der Waals surface area contributed by atoms with Crippen LogP contribution in [0.5, 0.6) is 0 Å². The predicted octanol–water partition coefficient (Wildman–Crippen LogP) is 0.754. The van der Waals surface area contributed by atoms with Gasteiger partial charge < -0.3 is 10.4 Å². The highest BCUT2D eigenvalue weighted by Gasteiger charge is 2.25. The molecule has 0 fully saturated rings. The van der Waals surface area contributed by atoms with Gasteiger partial charge in [0.1, 0.15) is 5.56 Å². The lowest BCUT2D eigenvalue weighted by Crippen LogP contribution is -2.35. The summed E-state index contributed by atoms with van der Waals surface area (Å²) in [5, 5.41) is 21.6. The molecule has 1 rings (SSSR count). The van der Waals surface area contributed by atoms with Crippen molar-refractivity contribution in [2.24, 2.45) is 0 Å². The Kier molecular flexibility index (Phi) is 4.36. The fourth-order valence-corrected chi connectivity index (χ4v) is 1.36. The van der Waals surface area contributed by atoms with Crippen LogP contribution in [0.1, 0.15) is 17.3 Å². The van der Waals surface area contributed by atoms with Gasteiger partial charge in [-0.05, 0) is 13.0 Å². The van der Waals surface area contributed by atoms with Crippen LogP contribution in [0.25, 0.3) is 0 Å². The summed E-state index contributed by atoms with van der Waals surface area (Å²) >= 11 is 5.56. The van der Waals surface area contributed by atoms with Gasteiger partial charge in [0.25, 0.3) is 5.91 Å². The van der Waals surface area contributed by atoms with Gasteiger partial charge in [0.2, 0.25) is 5.15 Å². The molecule has 1 heterocycles. The van der Waals surface area contributed by atoms with Crippen molar-refractivity contribution in [1.29, 1.82) is 0 Å². The summed E-state index contributed by atoms with van der Waals surface area (Å²) in [7, 11) is 0. The maximum absolute atomic E-state index is 11.7. The van der Waals surface area contributed by atoms with E-state index in [2.05, 4.69) is 10.3 Å². The van der Waals surface area contributed by atoms with Crippen LogP contribution in [0, 0.1) is 10.1 Å². The fraction of sp³-hybridized carbons (Fsp3) is 0.333. The average molecular weight is 260 g/mol. The summed E-state index contributed by atoms with van der Waals surface area (Å²) in [6, 6.07) is 0.692. The van der Waals surface area contributed by atoms with Crippen LogP contribution in [-0.4, -0.2) is 33.6 Å². The number of nitrogens with one attached hydrogen (secondary N) is 1. The molecular weight excluding hydrogens is 250 g/mol. The van der Waals surface area contributed by atoms with Crippen LogP contribution < -0.4 is 5.32 Å². The van der Waals surface area contributed by atoms with Crippen LogP contribution >= 0.6 is 11.6 Å². The Balaban J connectivity index is 3.09. The van der Waals surface area contributed by atoms with Crippen LogP contribution in [0.4, 0.5) is 5.69 Å². The number of carbonyl (C=O) groups is 1. The van der Waals surface area contributed by atoms with Crippen LogP contribution in [0.3, 0.4) is 0 Å². The number of hydrogen-bond acceptors (Lipinski definition) is 5. The number of carbonyl (C=O) groups excluding carboxylic acids is 1. The minimum atomic E-state index is -0.770. The van der Waals surface area contributed by atoms with Crippen LogP contribution in [-0.2, 0) is 0 Å². The van der Waals surface area contributed by atoms with Crippen molar-refractivity contribution in [1.82, 2.24) is 10.3 Å². The lowest BCUT2D eigenvalue weighted by molar-refractivity contribution is -0.385. The number of pyridine rings is 1. The fourth-order valence-electron chi connectivity index (χ4n) is 1.13. The summed E-state index contributed by atoms with van der Waals surface area (Å²) in [6.07, 6.45) is 1.20. The smallest absolute Gasteiger partial charge is 0.319 e. The molecule has 7 nitrogen and oxygen atoms in total. The molecule has 1 amide bonds. The summed E-state index contributed by atoms with van der Waals surface area (Å²) in [5.74, 6) is -0.678. The topological polar surface area (TPSA) is 105 Å². The van der Waals surface area contributed by atoms with Gasteiger partial charge in [-0.1, -0.05) is 11.6 Å². The van der Waals surface area contributed by atoms with Crippen molar-refractivity contribution in [2.45, 2.75) is 13.0 Å². The zero-order chi connectivity index (χ0) is 13.0. The van der Waals surface area contributed by atoms with Gasteiger partial charge in [0.05, 0.1) is 11.5 Å². The van der Waals surface area contributed by atoms with Crippen LogP contribution in [0.2, 0.25) is 5.15 Å². The molecule has 0 saturated carbocycles. The van der Waals surface area contributed by atoms with Crippen molar-refractivity contribution in [3.05, 3.63) is 33.1 Å². The third-order valence-corrected chi connectivity index (χ3v) is 2.23. The van der Waals surface area contributed by atoms with E-state index in [1.165, 1.54) is 12.3 Å². The summed E-state index contributed by atoms with van der Waals surface area (Å²) in [5.41, 5.74) is -0.730. The average Bonchev–Trinajstić information content (AvgIpc) is 2.27. The maximum atomic E-state index is 11.7. The van der Waals surface area contributed by atoms with Gasteiger partial charge in [-0.3, -0.25) is 14.9 Å². The number of hydrogen-bond donors (Lipinski definition) is 2. The third-order valence-electron chi connectivity index (χ3n) is 1.96. The Hall–Kier alpha value is -1.73. The van der Waals surface area contributed by atoms with Crippen molar-refractivity contribution >= 4 is 23.2 Å². The lowest BCUT2D eigenvalue weighted by atomic mass is 10.2. The zero-order valence-corrected chi connectivity index (χ0v) is 9.64. The third kappa shape index (κ3) is 3.11. The van der Waals surface area contributed by atoms with Gasteiger partial charge in [-0.25, -0.2) is 4.98 Å². The second-order valence-corrected chi connectivity index (χ2v) is 3.67. The first-order valence-corrected chi connectivity index (χ1v) is 5.05. The first-order valence-electron chi connectivity index (χ1n) is 4.68. The Bertz CT molecular complexity index is 452. The van der Waals surface area contributed by atoms with Crippen molar-refractivity contribution in [3.63, 3.8) is 0 Å². The quantitative estimate of drug-likeness (QED) is 0.472. The molecule has 0 bridgehead atoms. The lowest BCUT2D eigenvalue weighted by Gasteiger charge is -2.10. The molecule has 0 aliphatic carbocycles. The molecule has 0 radical (unpaired) electrons. The van der Waals surface area contributed by atoms with E-state index in [-0.39, 0.29) is 17.3 Å². The van der Waals surface area contributed by atoms with E-state index in [0.29, 0.717) is 0 Å². The second-order valence-electron chi connectivity index (χ2n) is 3.31. The van der Waals surface area contributed by atoms with E-state index in [0.717, 1.165) is 0 Å². The van der Waals surface area contributed by atoms with E-state index in [1.54, 1.807) is 6.92 Å². The van der Waals surface area contributed by atoms with Gasteiger partial charge >= 0.3 is 5.69 Å². The van der Waals surface area contributed by atoms with E-state index in [1.807, 2.05) is 0 Å². The number of rotatable bonds is 4. The number of aliphatic hydroxyl groups excluding tert-OH is 1. The highest BCUT2D eigenvalue weighted by Crippen LogP contribution is 2.25. The van der Waals surface area contributed by atoms with Gasteiger partial charge in [0.15, 0.2) is 0 Å². The SMILES string of the molecule is C[C@@H](CO)NC(=O)c1ccnc(Cl)c1[N+](=O)[O-]. The Morgan fingerprint density at radius 2 is 2.41 bits per heavy atom. The Labute approximate surface area is 102 Å². The Morgan fingerprint density at radius 1 is 1.76 bits per heavy atom. The monoisotopic (exact) mass is 259 g/mol. The van der Waals surface area contributed by atoms with Gasteiger partial charge in [-0.15, -0.1) is 0 Å². The molecule has 0 spiro atoms. The number of nitro groups is 1. The highest BCUT2D eigenvalue weighted by atomic mass is 35.5. The van der Waals surface area contributed by atoms with E-state index < -0.39 is 22.6 Å². The summed E-state index contributed by atoms with van der Waals surface area (Å²) < 4.78 is 0. The zero-order valence-electron chi connectivity index (χ0n) is 8.88. The molecular formula is C9H10ClN3O4. The molecule has 2 N–H and O–H groups in total. The molecule has 1 aromatic rings. The van der Waals surface area contributed by atoms with Crippen molar-refractivity contribution in [3.8, 4) is 0 Å². The molecule has 92 valence electrons. The highest BCUT2D eigenvalue weighted by molar-refractivity contribution is 6.32. The number of nitrogens with zero attached hydrogens (tertiary/aromatic N) is 2. The Morgan fingerprint density at radius 3 is 2.94 bits per heavy atom. The molecule has 0 saturated heterocycles. The van der Waals surface area contributed by atoms with Crippen molar-refractivity contribution in [2.75, 3.05) is 6.61 Å². The largest absolute Gasteiger partial charge is 0.394 e. The second kappa shape index (κ2) is 5.55. The number of halogens is 1. The summed E-state index contributed by atoms with van der Waals surface area (Å²) in [4.78, 5) is 25.2. The molecule has 0 aromatic carbocycles. The number of aliphatic hydroxyl groups is 1. The van der Waals surface area contributed by atoms with Crippen molar-refractivity contribution < 1.29 is 14.8 Å². The first-order chi connectivity index (χ1) is 7.97. The maximum Gasteiger partial charge on any atom is 0.319 e. The normalized spacial score (nSPS) is 11.9. The number of aromatic nitrogens is 1. The molecule has 1 atom stereocenters. The minimum Gasteiger partial charge on any atom is -0.394 e. The standard InChI is InChI=1S/C9H10ClN3O4/c1-5(4-14)12-9(15)6-2-3-11-8(10)7(6)13(16)17/h2-3,5,14H,4H2,1H3,(H,12,15)/t5-/m0/s1. The molecule has 0 unspecified atom stereocenters. The number of amides is 1. The minimum absolute atomic E-state index is 0.185. The predicted molar refractivity (Wildman–Crippen MR) is 59.9 cm³/mol. The molecule has 17 heavy (non-hydrogen) atoms. The van der Waals surface area contributed by atoms with E-state index >= 15 is 0 Å². The van der Waals surface area contributed by atoms with E-state index in [4.69, 9.17) is 16.7 Å². The molecule has 8 heteroatoms.